The molecule has 0 aromatic heterocycles. The largest absolute Gasteiger partial charge is 0.504 e. The van der Waals surface area contributed by atoms with Crippen molar-refractivity contribution in [1.29, 1.82) is 0 Å². The zero-order valence-corrected chi connectivity index (χ0v) is 10.5. The van der Waals surface area contributed by atoms with Gasteiger partial charge in [0.15, 0.2) is 18.1 Å². The number of benzene rings is 1. The van der Waals surface area contributed by atoms with Crippen LogP contribution in [0.1, 0.15) is 0 Å². The van der Waals surface area contributed by atoms with Gasteiger partial charge < -0.3 is 19.6 Å². The molecule has 1 amide bonds. The Morgan fingerprint density at radius 1 is 1.28 bits per heavy atom. The van der Waals surface area contributed by atoms with Crippen molar-refractivity contribution in [2.24, 2.45) is 0 Å². The summed E-state index contributed by atoms with van der Waals surface area (Å²) in [5.74, 6) is 0.370. The molecule has 1 aliphatic rings. The van der Waals surface area contributed by atoms with E-state index in [1.165, 1.54) is 6.07 Å². The molecule has 0 saturated carbocycles. The second-order valence-electron chi connectivity index (χ2n) is 4.44. The molecule has 1 aliphatic heterocycles. The summed E-state index contributed by atoms with van der Waals surface area (Å²) in [6, 6.07) is 6.65. The predicted molar refractivity (Wildman–Crippen MR) is 67.7 cm³/mol. The van der Waals surface area contributed by atoms with Crippen molar-refractivity contribution in [3.05, 3.63) is 24.3 Å². The van der Waals surface area contributed by atoms with Crippen molar-refractivity contribution in [3.63, 3.8) is 0 Å². The summed E-state index contributed by atoms with van der Waals surface area (Å²) >= 11 is 0. The molecule has 18 heavy (non-hydrogen) atoms. The van der Waals surface area contributed by atoms with Gasteiger partial charge in [0, 0.05) is 26.2 Å². The highest BCUT2D eigenvalue weighted by Crippen LogP contribution is 2.24. The average molecular weight is 250 g/mol. The van der Waals surface area contributed by atoms with E-state index in [2.05, 4.69) is 4.90 Å². The molecule has 0 aliphatic carbocycles. The number of hydrogen-bond donors (Lipinski definition) is 1. The molecule has 0 atom stereocenters. The first-order valence-corrected chi connectivity index (χ1v) is 6.04. The average Bonchev–Trinajstić information content (AvgIpc) is 2.38. The van der Waals surface area contributed by atoms with Crippen LogP contribution >= 0.6 is 0 Å². The van der Waals surface area contributed by atoms with Crippen molar-refractivity contribution >= 4 is 5.91 Å². The fraction of sp³-hybridized carbons (Fsp3) is 0.462. The van der Waals surface area contributed by atoms with Gasteiger partial charge in [-0.1, -0.05) is 12.1 Å². The Morgan fingerprint density at radius 2 is 1.94 bits per heavy atom. The zero-order valence-electron chi connectivity index (χ0n) is 10.5. The van der Waals surface area contributed by atoms with Gasteiger partial charge in [0.05, 0.1) is 0 Å². The number of nitrogens with zero attached hydrogens (tertiary/aromatic N) is 2. The molecule has 5 heteroatoms. The quantitative estimate of drug-likeness (QED) is 0.851. The zero-order chi connectivity index (χ0) is 13.0. The van der Waals surface area contributed by atoms with E-state index in [1.807, 2.05) is 7.05 Å². The van der Waals surface area contributed by atoms with Gasteiger partial charge in [-0.15, -0.1) is 0 Å². The molecule has 2 rings (SSSR count). The maximum Gasteiger partial charge on any atom is 0.260 e. The molecule has 1 heterocycles. The molecule has 0 bridgehead atoms. The fourth-order valence-electron chi connectivity index (χ4n) is 1.87. The Labute approximate surface area is 107 Å². The molecule has 1 saturated heterocycles. The van der Waals surface area contributed by atoms with E-state index in [9.17, 15) is 9.90 Å². The van der Waals surface area contributed by atoms with E-state index in [4.69, 9.17) is 4.74 Å². The highest BCUT2D eigenvalue weighted by atomic mass is 16.5. The van der Waals surface area contributed by atoms with Crippen LogP contribution in [0.15, 0.2) is 24.3 Å². The second kappa shape index (κ2) is 5.73. The van der Waals surface area contributed by atoms with Gasteiger partial charge in [0.1, 0.15) is 0 Å². The summed E-state index contributed by atoms with van der Waals surface area (Å²) in [4.78, 5) is 15.9. The number of phenolic OH excluding ortho intramolecular Hbond substituents is 1. The summed E-state index contributed by atoms with van der Waals surface area (Å²) in [6.45, 7) is 3.23. The molecule has 1 fully saturated rings. The summed E-state index contributed by atoms with van der Waals surface area (Å²) in [5, 5.41) is 9.51. The van der Waals surface area contributed by atoms with E-state index < -0.39 is 0 Å². The third-order valence-corrected chi connectivity index (χ3v) is 3.07. The Kier molecular flexibility index (Phi) is 4.04. The summed E-state index contributed by atoms with van der Waals surface area (Å²) in [5.41, 5.74) is 0. The molecule has 0 radical (unpaired) electrons. The fourth-order valence-corrected chi connectivity index (χ4v) is 1.87. The lowest BCUT2D eigenvalue weighted by Gasteiger charge is -2.32. The SMILES string of the molecule is CN1CCN(C(=O)COc2ccccc2O)CC1. The Morgan fingerprint density at radius 3 is 2.61 bits per heavy atom. The Hall–Kier alpha value is -1.75. The van der Waals surface area contributed by atoms with Crippen molar-refractivity contribution < 1.29 is 14.6 Å². The predicted octanol–water partition coefficient (Wildman–Crippen LogP) is 0.545. The van der Waals surface area contributed by atoms with Crippen LogP contribution in [-0.4, -0.2) is 60.6 Å². The van der Waals surface area contributed by atoms with Crippen LogP contribution in [0.4, 0.5) is 0 Å². The number of aromatic hydroxyl groups is 1. The molecule has 0 unspecified atom stereocenters. The van der Waals surface area contributed by atoms with E-state index in [0.717, 1.165) is 26.2 Å². The first-order chi connectivity index (χ1) is 8.66. The smallest absolute Gasteiger partial charge is 0.260 e. The van der Waals surface area contributed by atoms with Crippen molar-refractivity contribution in [2.75, 3.05) is 39.8 Å². The second-order valence-corrected chi connectivity index (χ2v) is 4.44. The highest BCUT2D eigenvalue weighted by molar-refractivity contribution is 5.78. The Balaban J connectivity index is 1.83. The van der Waals surface area contributed by atoms with E-state index in [-0.39, 0.29) is 18.3 Å². The van der Waals surface area contributed by atoms with E-state index in [1.54, 1.807) is 23.1 Å². The molecule has 1 aromatic carbocycles. The lowest BCUT2D eigenvalue weighted by Crippen LogP contribution is -2.48. The molecule has 5 nitrogen and oxygen atoms in total. The number of para-hydroxylation sites is 2. The van der Waals surface area contributed by atoms with Crippen molar-refractivity contribution in [2.45, 2.75) is 0 Å². The van der Waals surface area contributed by atoms with Crippen LogP contribution in [0, 0.1) is 0 Å². The van der Waals surface area contributed by atoms with Gasteiger partial charge in [-0.2, -0.15) is 0 Å². The number of carbonyl (C=O) groups excluding carboxylic acids is 1. The number of rotatable bonds is 3. The van der Waals surface area contributed by atoms with Crippen molar-refractivity contribution in [3.8, 4) is 11.5 Å². The summed E-state index contributed by atoms with van der Waals surface area (Å²) < 4.78 is 5.32. The minimum absolute atomic E-state index is 0.0265. The van der Waals surface area contributed by atoms with E-state index >= 15 is 0 Å². The lowest BCUT2D eigenvalue weighted by atomic mass is 10.3. The van der Waals surface area contributed by atoms with Crippen LogP contribution < -0.4 is 4.74 Å². The van der Waals surface area contributed by atoms with Crippen LogP contribution in [-0.2, 0) is 4.79 Å². The summed E-state index contributed by atoms with van der Waals surface area (Å²) in [6.07, 6.45) is 0. The number of carbonyl (C=O) groups is 1. The normalized spacial score (nSPS) is 16.6. The van der Waals surface area contributed by atoms with Crippen LogP contribution in [0.2, 0.25) is 0 Å². The van der Waals surface area contributed by atoms with Gasteiger partial charge in [0.2, 0.25) is 0 Å². The van der Waals surface area contributed by atoms with Crippen LogP contribution in [0.25, 0.3) is 0 Å². The molecule has 1 N–H and O–H groups in total. The van der Waals surface area contributed by atoms with Gasteiger partial charge in [-0.05, 0) is 19.2 Å². The van der Waals surface area contributed by atoms with Crippen LogP contribution in [0.3, 0.4) is 0 Å². The Bertz CT molecular complexity index is 414. The highest BCUT2D eigenvalue weighted by Gasteiger charge is 2.19. The molecule has 98 valence electrons. The number of piperazine rings is 1. The van der Waals surface area contributed by atoms with Gasteiger partial charge >= 0.3 is 0 Å². The van der Waals surface area contributed by atoms with Crippen molar-refractivity contribution in [1.82, 2.24) is 9.80 Å². The summed E-state index contributed by atoms with van der Waals surface area (Å²) in [7, 11) is 2.04. The molecular weight excluding hydrogens is 232 g/mol. The monoisotopic (exact) mass is 250 g/mol. The van der Waals surface area contributed by atoms with E-state index in [0.29, 0.717) is 5.75 Å². The third-order valence-electron chi connectivity index (χ3n) is 3.07. The number of phenols is 1. The standard InChI is InChI=1S/C13H18N2O3/c1-14-6-8-15(9-7-14)13(17)10-18-12-5-3-2-4-11(12)16/h2-5,16H,6-10H2,1H3. The minimum atomic E-state index is -0.0358. The molecule has 1 aromatic rings. The third kappa shape index (κ3) is 3.13. The first kappa shape index (κ1) is 12.7. The van der Waals surface area contributed by atoms with Gasteiger partial charge in [-0.3, -0.25) is 4.79 Å². The number of hydrogen-bond acceptors (Lipinski definition) is 4. The number of ether oxygens (including phenoxy) is 1. The molecule has 0 spiro atoms. The van der Waals surface area contributed by atoms with Gasteiger partial charge in [-0.25, -0.2) is 0 Å². The molecular formula is C13H18N2O3. The maximum atomic E-state index is 11.9. The number of amides is 1. The minimum Gasteiger partial charge on any atom is -0.504 e. The van der Waals surface area contributed by atoms with Gasteiger partial charge in [0.25, 0.3) is 5.91 Å². The topological polar surface area (TPSA) is 53.0 Å². The first-order valence-electron chi connectivity index (χ1n) is 6.04. The lowest BCUT2D eigenvalue weighted by molar-refractivity contribution is -0.134. The number of likely N-dealkylation sites (N-methyl/N-ethyl adjacent to an activating group) is 1. The van der Waals surface area contributed by atoms with Crippen LogP contribution in [0.5, 0.6) is 11.5 Å². The maximum absolute atomic E-state index is 11.9.